The summed E-state index contributed by atoms with van der Waals surface area (Å²) in [6, 6.07) is 0. The minimum atomic E-state index is -0.333. The molecule has 0 spiro atoms. The van der Waals surface area contributed by atoms with Crippen LogP contribution < -0.4 is 0 Å². The van der Waals surface area contributed by atoms with Crippen LogP contribution in [0.15, 0.2) is 12.7 Å². The number of halogens is 1. The predicted octanol–water partition coefficient (Wildman–Crippen LogP) is 2.90. The van der Waals surface area contributed by atoms with Gasteiger partial charge in [0.2, 0.25) is 0 Å². The van der Waals surface area contributed by atoms with Crippen molar-refractivity contribution in [3.63, 3.8) is 0 Å². The SMILES string of the molecule is C=CC(=O)OCCCCCCCCl. The fourth-order valence-electron chi connectivity index (χ4n) is 0.959. The highest BCUT2D eigenvalue weighted by atomic mass is 35.5. The van der Waals surface area contributed by atoms with Gasteiger partial charge in [-0.1, -0.05) is 25.8 Å². The summed E-state index contributed by atoms with van der Waals surface area (Å²) in [5.74, 6) is 0.409. The fourth-order valence-corrected chi connectivity index (χ4v) is 1.15. The molecular formula is C10H17ClO2. The lowest BCUT2D eigenvalue weighted by Gasteiger charge is -2.01. The monoisotopic (exact) mass is 204 g/mol. The maximum atomic E-state index is 10.6. The Morgan fingerprint density at radius 3 is 2.46 bits per heavy atom. The summed E-state index contributed by atoms with van der Waals surface area (Å²) in [7, 11) is 0. The largest absolute Gasteiger partial charge is 0.463 e. The topological polar surface area (TPSA) is 26.3 Å². The van der Waals surface area contributed by atoms with Crippen LogP contribution in [0.2, 0.25) is 0 Å². The van der Waals surface area contributed by atoms with E-state index in [0.717, 1.165) is 25.1 Å². The molecule has 0 bridgehead atoms. The van der Waals surface area contributed by atoms with E-state index in [2.05, 4.69) is 6.58 Å². The normalized spacial score (nSPS) is 9.62. The minimum absolute atomic E-state index is 0.333. The molecule has 0 saturated carbocycles. The third kappa shape index (κ3) is 9.41. The molecule has 0 atom stereocenters. The molecule has 0 aliphatic carbocycles. The smallest absolute Gasteiger partial charge is 0.330 e. The van der Waals surface area contributed by atoms with Gasteiger partial charge in [0.25, 0.3) is 0 Å². The molecule has 0 aromatic heterocycles. The van der Waals surface area contributed by atoms with Crippen LogP contribution in [0, 0.1) is 0 Å². The van der Waals surface area contributed by atoms with E-state index in [-0.39, 0.29) is 5.97 Å². The van der Waals surface area contributed by atoms with Gasteiger partial charge in [0.1, 0.15) is 0 Å². The van der Waals surface area contributed by atoms with E-state index in [4.69, 9.17) is 16.3 Å². The fraction of sp³-hybridized carbons (Fsp3) is 0.700. The number of carbonyl (C=O) groups excluding carboxylic acids is 1. The highest BCUT2D eigenvalue weighted by Gasteiger charge is 1.94. The van der Waals surface area contributed by atoms with E-state index in [1.807, 2.05) is 0 Å². The maximum absolute atomic E-state index is 10.6. The van der Waals surface area contributed by atoms with Crippen molar-refractivity contribution in [1.29, 1.82) is 0 Å². The molecule has 0 radical (unpaired) electrons. The zero-order chi connectivity index (χ0) is 9.94. The summed E-state index contributed by atoms with van der Waals surface area (Å²) in [6.07, 6.45) is 6.63. The van der Waals surface area contributed by atoms with Crippen molar-refractivity contribution in [2.45, 2.75) is 32.1 Å². The highest BCUT2D eigenvalue weighted by Crippen LogP contribution is 2.03. The molecule has 76 valence electrons. The van der Waals surface area contributed by atoms with Crippen LogP contribution >= 0.6 is 11.6 Å². The molecular weight excluding hydrogens is 188 g/mol. The predicted molar refractivity (Wildman–Crippen MR) is 55.0 cm³/mol. The van der Waals surface area contributed by atoms with Crippen LogP contribution in [0.25, 0.3) is 0 Å². The number of ether oxygens (including phenoxy) is 1. The van der Waals surface area contributed by atoms with Crippen molar-refractivity contribution in [2.75, 3.05) is 12.5 Å². The van der Waals surface area contributed by atoms with E-state index < -0.39 is 0 Å². The van der Waals surface area contributed by atoms with Crippen LogP contribution in [0.3, 0.4) is 0 Å². The van der Waals surface area contributed by atoms with Crippen molar-refractivity contribution in [2.24, 2.45) is 0 Å². The van der Waals surface area contributed by atoms with Crippen LogP contribution in [-0.4, -0.2) is 18.5 Å². The second-order valence-corrected chi connectivity index (χ2v) is 3.21. The highest BCUT2D eigenvalue weighted by molar-refractivity contribution is 6.17. The Morgan fingerprint density at radius 2 is 1.85 bits per heavy atom. The first kappa shape index (κ1) is 12.5. The summed E-state index contributed by atoms with van der Waals surface area (Å²) in [4.78, 5) is 10.6. The number of esters is 1. The first-order valence-corrected chi connectivity index (χ1v) is 5.20. The van der Waals surface area contributed by atoms with Crippen molar-refractivity contribution in [3.05, 3.63) is 12.7 Å². The molecule has 0 amide bonds. The number of alkyl halides is 1. The quantitative estimate of drug-likeness (QED) is 0.263. The third-order valence-corrected chi connectivity index (χ3v) is 1.96. The summed E-state index contributed by atoms with van der Waals surface area (Å²) in [5, 5.41) is 0. The summed E-state index contributed by atoms with van der Waals surface area (Å²) < 4.78 is 4.81. The molecule has 0 fully saturated rings. The van der Waals surface area contributed by atoms with E-state index >= 15 is 0 Å². The number of unbranched alkanes of at least 4 members (excludes halogenated alkanes) is 4. The molecule has 0 aromatic carbocycles. The van der Waals surface area contributed by atoms with Crippen molar-refractivity contribution < 1.29 is 9.53 Å². The van der Waals surface area contributed by atoms with Gasteiger partial charge in [-0.3, -0.25) is 0 Å². The van der Waals surface area contributed by atoms with Gasteiger partial charge in [-0.15, -0.1) is 11.6 Å². The zero-order valence-corrected chi connectivity index (χ0v) is 8.68. The van der Waals surface area contributed by atoms with Gasteiger partial charge in [-0.25, -0.2) is 4.79 Å². The molecule has 0 aliphatic heterocycles. The summed E-state index contributed by atoms with van der Waals surface area (Å²) >= 11 is 5.52. The Kier molecular flexibility index (Phi) is 9.22. The number of hydrogen-bond donors (Lipinski definition) is 0. The Morgan fingerprint density at radius 1 is 1.23 bits per heavy atom. The molecule has 0 aromatic rings. The summed E-state index contributed by atoms with van der Waals surface area (Å²) in [6.45, 7) is 3.82. The van der Waals surface area contributed by atoms with Crippen LogP contribution in [0.4, 0.5) is 0 Å². The van der Waals surface area contributed by atoms with Gasteiger partial charge in [-0.05, 0) is 12.8 Å². The Balaban J connectivity index is 2.99. The van der Waals surface area contributed by atoms with Crippen molar-refractivity contribution in [3.8, 4) is 0 Å². The Hall–Kier alpha value is -0.500. The molecule has 0 N–H and O–H groups in total. The molecule has 2 nitrogen and oxygen atoms in total. The maximum Gasteiger partial charge on any atom is 0.330 e. The lowest BCUT2D eigenvalue weighted by molar-refractivity contribution is -0.137. The molecule has 13 heavy (non-hydrogen) atoms. The second-order valence-electron chi connectivity index (χ2n) is 2.83. The van der Waals surface area contributed by atoms with E-state index in [1.54, 1.807) is 0 Å². The van der Waals surface area contributed by atoms with E-state index in [0.29, 0.717) is 6.61 Å². The lowest BCUT2D eigenvalue weighted by atomic mass is 10.2. The van der Waals surface area contributed by atoms with Gasteiger partial charge in [0, 0.05) is 12.0 Å². The first-order valence-electron chi connectivity index (χ1n) is 4.66. The number of carbonyl (C=O) groups is 1. The Labute approximate surface area is 84.9 Å². The van der Waals surface area contributed by atoms with Gasteiger partial charge < -0.3 is 4.74 Å². The minimum Gasteiger partial charge on any atom is -0.463 e. The van der Waals surface area contributed by atoms with Crippen LogP contribution in [0.1, 0.15) is 32.1 Å². The van der Waals surface area contributed by atoms with Gasteiger partial charge >= 0.3 is 5.97 Å². The number of hydrogen-bond acceptors (Lipinski definition) is 2. The molecule has 0 aliphatic rings. The second kappa shape index (κ2) is 9.59. The molecule has 0 unspecified atom stereocenters. The summed E-state index contributed by atoms with van der Waals surface area (Å²) in [5.41, 5.74) is 0. The van der Waals surface area contributed by atoms with E-state index in [9.17, 15) is 4.79 Å². The van der Waals surface area contributed by atoms with E-state index in [1.165, 1.54) is 18.9 Å². The standard InChI is InChI=1S/C10H17ClO2/c1-2-10(12)13-9-7-5-3-4-6-8-11/h2H,1,3-9H2. The lowest BCUT2D eigenvalue weighted by Crippen LogP contribution is -2.01. The van der Waals surface area contributed by atoms with Crippen LogP contribution in [0.5, 0.6) is 0 Å². The first-order chi connectivity index (χ1) is 6.31. The van der Waals surface area contributed by atoms with Crippen molar-refractivity contribution in [1.82, 2.24) is 0 Å². The molecule has 0 saturated heterocycles. The van der Waals surface area contributed by atoms with Gasteiger partial charge in [0.15, 0.2) is 0 Å². The third-order valence-electron chi connectivity index (χ3n) is 1.69. The van der Waals surface area contributed by atoms with Crippen molar-refractivity contribution >= 4 is 17.6 Å². The average molecular weight is 205 g/mol. The molecule has 0 rings (SSSR count). The van der Waals surface area contributed by atoms with Crippen LogP contribution in [-0.2, 0) is 9.53 Å². The Bertz CT molecular complexity index is 146. The molecule has 0 heterocycles. The average Bonchev–Trinajstić information content (AvgIpc) is 2.16. The zero-order valence-electron chi connectivity index (χ0n) is 7.93. The van der Waals surface area contributed by atoms with Gasteiger partial charge in [-0.2, -0.15) is 0 Å². The van der Waals surface area contributed by atoms with Gasteiger partial charge in [0.05, 0.1) is 6.61 Å². The number of rotatable bonds is 8. The molecule has 3 heteroatoms.